The van der Waals surface area contributed by atoms with Crippen LogP contribution in [0.3, 0.4) is 0 Å². The van der Waals surface area contributed by atoms with Crippen LogP contribution in [-0.2, 0) is 6.54 Å². The molecule has 0 spiro atoms. The van der Waals surface area contributed by atoms with Crippen molar-refractivity contribution in [2.75, 3.05) is 0 Å². The second kappa shape index (κ2) is 5.12. The number of rotatable bonds is 4. The largest absolute Gasteiger partial charge is 0.308 e. The van der Waals surface area contributed by atoms with E-state index in [0.717, 1.165) is 23.5 Å². The Morgan fingerprint density at radius 1 is 1.32 bits per heavy atom. The lowest BCUT2D eigenvalue weighted by molar-refractivity contribution is 0.647. The molecule has 1 saturated carbocycles. The molecular formula is C13H14Cl2N4. The molecule has 2 aromatic rings. The van der Waals surface area contributed by atoms with E-state index < -0.39 is 0 Å². The highest BCUT2D eigenvalue weighted by molar-refractivity contribution is 6.35. The fourth-order valence-electron chi connectivity index (χ4n) is 1.91. The lowest BCUT2D eigenvalue weighted by Crippen LogP contribution is -2.18. The number of benzene rings is 1. The Hall–Kier alpha value is -1.10. The van der Waals surface area contributed by atoms with Crippen LogP contribution in [0.2, 0.25) is 10.0 Å². The summed E-state index contributed by atoms with van der Waals surface area (Å²) >= 11 is 12.4. The second-order valence-electron chi connectivity index (χ2n) is 4.85. The summed E-state index contributed by atoms with van der Waals surface area (Å²) in [6.45, 7) is 2.66. The molecular weight excluding hydrogens is 283 g/mol. The van der Waals surface area contributed by atoms with Crippen molar-refractivity contribution in [1.29, 1.82) is 0 Å². The first-order valence-corrected chi connectivity index (χ1v) is 6.99. The summed E-state index contributed by atoms with van der Waals surface area (Å²) < 4.78 is 1.74. The molecule has 1 aromatic carbocycles. The molecule has 1 N–H and O–H groups in total. The predicted octanol–water partition coefficient (Wildman–Crippen LogP) is 3.13. The van der Waals surface area contributed by atoms with E-state index in [9.17, 15) is 0 Å². The zero-order valence-electron chi connectivity index (χ0n) is 10.5. The number of nitrogens with zero attached hydrogens (tertiary/aromatic N) is 3. The summed E-state index contributed by atoms with van der Waals surface area (Å²) in [6.07, 6.45) is 4.25. The van der Waals surface area contributed by atoms with Gasteiger partial charge < -0.3 is 5.32 Å². The first-order chi connectivity index (χ1) is 9.15. The number of aromatic nitrogens is 3. The van der Waals surface area contributed by atoms with Gasteiger partial charge in [0.2, 0.25) is 0 Å². The smallest absolute Gasteiger partial charge is 0.0868 e. The quantitative estimate of drug-likeness (QED) is 0.942. The third kappa shape index (κ3) is 2.76. The Morgan fingerprint density at radius 2 is 2.11 bits per heavy atom. The molecule has 1 aliphatic carbocycles. The van der Waals surface area contributed by atoms with Gasteiger partial charge in [-0.05, 0) is 37.5 Å². The molecule has 0 aliphatic heterocycles. The van der Waals surface area contributed by atoms with Crippen molar-refractivity contribution in [3.63, 3.8) is 0 Å². The van der Waals surface area contributed by atoms with Crippen molar-refractivity contribution < 1.29 is 0 Å². The van der Waals surface area contributed by atoms with Gasteiger partial charge in [-0.15, -0.1) is 5.10 Å². The van der Waals surface area contributed by atoms with Gasteiger partial charge in [0.1, 0.15) is 0 Å². The first kappa shape index (κ1) is 12.9. The van der Waals surface area contributed by atoms with Crippen molar-refractivity contribution in [3.05, 3.63) is 39.6 Å². The van der Waals surface area contributed by atoms with Crippen molar-refractivity contribution in [1.82, 2.24) is 20.3 Å². The summed E-state index contributed by atoms with van der Waals surface area (Å²) in [5.74, 6) is 0. The van der Waals surface area contributed by atoms with Gasteiger partial charge in [-0.2, -0.15) is 0 Å². The van der Waals surface area contributed by atoms with Crippen LogP contribution in [0, 0.1) is 6.92 Å². The molecule has 1 aromatic heterocycles. The van der Waals surface area contributed by atoms with Gasteiger partial charge in [0.15, 0.2) is 0 Å². The molecule has 0 radical (unpaired) electrons. The third-order valence-electron chi connectivity index (χ3n) is 3.23. The second-order valence-corrected chi connectivity index (χ2v) is 5.66. The lowest BCUT2D eigenvalue weighted by Gasteiger charge is -2.10. The van der Waals surface area contributed by atoms with E-state index in [1.807, 2.05) is 19.1 Å². The number of hydrogen-bond acceptors (Lipinski definition) is 3. The van der Waals surface area contributed by atoms with E-state index in [1.165, 1.54) is 12.8 Å². The fraction of sp³-hybridized carbons (Fsp3) is 0.385. The average Bonchev–Trinajstić information content (AvgIpc) is 3.09. The maximum absolute atomic E-state index is 6.27. The molecule has 0 unspecified atom stereocenters. The highest BCUT2D eigenvalue weighted by Gasteiger charge is 2.21. The van der Waals surface area contributed by atoms with Crippen LogP contribution in [0.4, 0.5) is 0 Å². The minimum Gasteiger partial charge on any atom is -0.308 e. The lowest BCUT2D eigenvalue weighted by atomic mass is 10.2. The van der Waals surface area contributed by atoms with Crippen LogP contribution < -0.4 is 5.32 Å². The van der Waals surface area contributed by atoms with Crippen molar-refractivity contribution >= 4 is 23.2 Å². The monoisotopic (exact) mass is 296 g/mol. The van der Waals surface area contributed by atoms with Gasteiger partial charge in [-0.3, -0.25) is 0 Å². The third-order valence-corrected chi connectivity index (χ3v) is 3.94. The molecule has 0 bridgehead atoms. The van der Waals surface area contributed by atoms with Crippen LogP contribution in [-0.4, -0.2) is 21.0 Å². The molecule has 1 aliphatic rings. The van der Waals surface area contributed by atoms with E-state index >= 15 is 0 Å². The molecule has 3 rings (SSSR count). The maximum Gasteiger partial charge on any atom is 0.0868 e. The van der Waals surface area contributed by atoms with E-state index in [-0.39, 0.29) is 0 Å². The summed E-state index contributed by atoms with van der Waals surface area (Å²) in [4.78, 5) is 0. The average molecular weight is 297 g/mol. The molecule has 6 heteroatoms. The molecule has 0 saturated heterocycles. The van der Waals surface area contributed by atoms with Gasteiger partial charge in [-0.25, -0.2) is 4.68 Å². The Bertz CT molecular complexity index is 605. The predicted molar refractivity (Wildman–Crippen MR) is 76.0 cm³/mol. The molecule has 19 heavy (non-hydrogen) atoms. The normalized spacial score (nSPS) is 14.9. The van der Waals surface area contributed by atoms with E-state index in [4.69, 9.17) is 23.2 Å². The molecule has 4 nitrogen and oxygen atoms in total. The molecule has 0 atom stereocenters. The van der Waals surface area contributed by atoms with Crippen LogP contribution in [0.15, 0.2) is 18.3 Å². The van der Waals surface area contributed by atoms with Crippen LogP contribution in [0.5, 0.6) is 0 Å². The molecule has 1 heterocycles. The maximum atomic E-state index is 6.27. The minimum absolute atomic E-state index is 0.625. The number of nitrogens with one attached hydrogen (secondary N) is 1. The van der Waals surface area contributed by atoms with Gasteiger partial charge in [0.05, 0.1) is 22.6 Å². The van der Waals surface area contributed by atoms with E-state index in [2.05, 4.69) is 15.6 Å². The number of hydrogen-bond donors (Lipinski definition) is 1. The fourth-order valence-corrected chi connectivity index (χ4v) is 2.37. The zero-order chi connectivity index (χ0) is 13.4. The van der Waals surface area contributed by atoms with E-state index in [1.54, 1.807) is 10.9 Å². The summed E-state index contributed by atoms with van der Waals surface area (Å²) in [5.41, 5.74) is 2.70. The minimum atomic E-state index is 0.625. The van der Waals surface area contributed by atoms with Crippen molar-refractivity contribution in [2.24, 2.45) is 0 Å². The van der Waals surface area contributed by atoms with Gasteiger partial charge >= 0.3 is 0 Å². The summed E-state index contributed by atoms with van der Waals surface area (Å²) in [5, 5.41) is 12.8. The Balaban J connectivity index is 1.92. The SMILES string of the molecule is Cc1cc(Cl)c(-n2nncc2CNC2CC2)cc1Cl. The van der Waals surface area contributed by atoms with Crippen molar-refractivity contribution in [2.45, 2.75) is 32.4 Å². The van der Waals surface area contributed by atoms with E-state index in [0.29, 0.717) is 16.1 Å². The van der Waals surface area contributed by atoms with Gasteiger partial charge in [-0.1, -0.05) is 28.4 Å². The Morgan fingerprint density at radius 3 is 2.84 bits per heavy atom. The standard InChI is InChI=1S/C13H14Cl2N4/c1-8-4-12(15)13(5-11(8)14)19-10(7-17-18-19)6-16-9-2-3-9/h4-5,7,9,16H,2-3,6H2,1H3. The molecule has 100 valence electrons. The van der Waals surface area contributed by atoms with Gasteiger partial charge in [0.25, 0.3) is 0 Å². The van der Waals surface area contributed by atoms with Crippen molar-refractivity contribution in [3.8, 4) is 5.69 Å². The van der Waals surface area contributed by atoms with Crippen LogP contribution in [0.1, 0.15) is 24.1 Å². The molecule has 0 amide bonds. The first-order valence-electron chi connectivity index (χ1n) is 6.24. The van der Waals surface area contributed by atoms with Crippen LogP contribution >= 0.6 is 23.2 Å². The Labute approximate surface area is 121 Å². The Kier molecular flexibility index (Phi) is 3.48. The van der Waals surface area contributed by atoms with Gasteiger partial charge in [0, 0.05) is 17.6 Å². The highest BCUT2D eigenvalue weighted by atomic mass is 35.5. The zero-order valence-corrected chi connectivity index (χ0v) is 12.0. The summed E-state index contributed by atoms with van der Waals surface area (Å²) in [6, 6.07) is 4.31. The highest BCUT2D eigenvalue weighted by Crippen LogP contribution is 2.28. The summed E-state index contributed by atoms with van der Waals surface area (Å²) in [7, 11) is 0. The number of aryl methyl sites for hydroxylation is 1. The van der Waals surface area contributed by atoms with Crippen LogP contribution in [0.25, 0.3) is 5.69 Å². The molecule has 1 fully saturated rings. The topological polar surface area (TPSA) is 42.7 Å². The number of halogens is 2.